The fourth-order valence-corrected chi connectivity index (χ4v) is 3.09. The highest BCUT2D eigenvalue weighted by Crippen LogP contribution is 2.27. The Kier molecular flexibility index (Phi) is 7.09. The molecule has 0 aliphatic heterocycles. The van der Waals surface area contributed by atoms with Gasteiger partial charge in [0.15, 0.2) is 9.84 Å². The Balaban J connectivity index is 2.02. The highest BCUT2D eigenvalue weighted by Gasteiger charge is 2.14. The number of benzene rings is 1. The molecule has 0 saturated heterocycles. The molecule has 1 amide bonds. The molecule has 1 heterocycles. The van der Waals surface area contributed by atoms with Gasteiger partial charge in [0.1, 0.15) is 5.82 Å². The number of anilines is 1. The van der Waals surface area contributed by atoms with E-state index in [0.29, 0.717) is 11.3 Å². The molecule has 1 aromatic carbocycles. The van der Waals surface area contributed by atoms with E-state index in [-0.39, 0.29) is 16.9 Å². The molecule has 2 aromatic rings. The normalized spacial score (nSPS) is 13.9. The number of amides is 1. The Morgan fingerprint density at radius 2 is 1.89 bits per heavy atom. The molecule has 0 saturated carbocycles. The van der Waals surface area contributed by atoms with Crippen LogP contribution in [0.1, 0.15) is 36.1 Å². The first-order chi connectivity index (χ1) is 13.1. The second-order valence-corrected chi connectivity index (χ2v) is 8.53. The summed E-state index contributed by atoms with van der Waals surface area (Å²) < 4.78 is 35.8. The summed E-state index contributed by atoms with van der Waals surface area (Å²) in [6.45, 7) is 3.43. The largest absolute Gasteiger partial charge is 0.376 e. The Morgan fingerprint density at radius 3 is 2.50 bits per heavy atom. The number of nitrogens with one attached hydrogen (secondary N) is 2. The van der Waals surface area contributed by atoms with Gasteiger partial charge in [-0.25, -0.2) is 22.8 Å². The molecule has 0 radical (unpaired) electrons. The lowest BCUT2D eigenvalue weighted by Gasteiger charge is -2.17. The predicted molar refractivity (Wildman–Crippen MR) is 106 cm³/mol. The van der Waals surface area contributed by atoms with Gasteiger partial charge < -0.3 is 10.6 Å². The smallest absolute Gasteiger partial charge is 0.289 e. The number of carbonyl (C=O) groups excluding carboxylic acids is 1. The van der Waals surface area contributed by atoms with Gasteiger partial charge in [-0.05, 0) is 25.5 Å². The van der Waals surface area contributed by atoms with Crippen molar-refractivity contribution in [1.82, 2.24) is 15.3 Å². The van der Waals surface area contributed by atoms with Gasteiger partial charge in [0.2, 0.25) is 5.82 Å². The summed E-state index contributed by atoms with van der Waals surface area (Å²) in [7, 11) is -3.27. The van der Waals surface area contributed by atoms with Crippen LogP contribution in [0.5, 0.6) is 0 Å². The number of nitrogens with zero attached hydrogens (tertiary/aromatic N) is 2. The Morgan fingerprint density at radius 1 is 1.25 bits per heavy atom. The average Bonchev–Trinajstić information content (AvgIpc) is 2.62. The molecule has 0 spiro atoms. The van der Waals surface area contributed by atoms with Crippen molar-refractivity contribution in [3.63, 3.8) is 0 Å². The number of halogens is 2. The van der Waals surface area contributed by atoms with Crippen LogP contribution < -0.4 is 10.6 Å². The summed E-state index contributed by atoms with van der Waals surface area (Å²) in [6.07, 6.45) is 5.25. The molecule has 10 heteroatoms. The number of rotatable bonds is 7. The second-order valence-electron chi connectivity index (χ2n) is 6.22. The summed E-state index contributed by atoms with van der Waals surface area (Å²) in [4.78, 5) is 20.1. The first kappa shape index (κ1) is 21.8. The molecular weight excluding hydrogens is 407 g/mol. The van der Waals surface area contributed by atoms with Gasteiger partial charge in [0, 0.05) is 17.7 Å². The van der Waals surface area contributed by atoms with Crippen molar-refractivity contribution in [2.24, 2.45) is 0 Å². The molecule has 0 aliphatic carbocycles. The highest BCUT2D eigenvalue weighted by atomic mass is 35.5. The van der Waals surface area contributed by atoms with Gasteiger partial charge in [0.25, 0.3) is 5.91 Å². The maximum absolute atomic E-state index is 13.6. The van der Waals surface area contributed by atoms with Gasteiger partial charge in [-0.2, -0.15) is 0 Å². The Bertz CT molecular complexity index is 981. The summed E-state index contributed by atoms with van der Waals surface area (Å²) >= 11 is 5.98. The second kappa shape index (κ2) is 9.11. The standard InChI is InChI=1S/C18H20ClFN4O3S/c1-11(7-8-28(3,26)27)23-18(25)17-21-9-13(10-22-17)24-12(2)14-5-4-6-15(20)16(14)19/h4-12,24H,1-3H3,(H,23,25)/b8-7+/t11-,12?/m1/s1. The van der Waals surface area contributed by atoms with Crippen LogP contribution in [0.4, 0.5) is 10.1 Å². The molecule has 1 unspecified atom stereocenters. The number of hydrogen-bond donors (Lipinski definition) is 2. The van der Waals surface area contributed by atoms with Crippen molar-refractivity contribution in [3.8, 4) is 0 Å². The molecule has 28 heavy (non-hydrogen) atoms. The lowest BCUT2D eigenvalue weighted by molar-refractivity contribution is 0.0936. The van der Waals surface area contributed by atoms with E-state index in [4.69, 9.17) is 11.6 Å². The van der Waals surface area contributed by atoms with E-state index in [0.717, 1.165) is 11.7 Å². The lowest BCUT2D eigenvalue weighted by Crippen LogP contribution is -2.32. The number of sulfone groups is 1. The average molecular weight is 427 g/mol. The predicted octanol–water partition coefficient (Wildman–Crippen LogP) is 3.12. The summed E-state index contributed by atoms with van der Waals surface area (Å²) in [5.41, 5.74) is 1.10. The van der Waals surface area contributed by atoms with Crippen LogP contribution in [0.2, 0.25) is 5.02 Å². The maximum atomic E-state index is 13.6. The van der Waals surface area contributed by atoms with Gasteiger partial charge in [-0.15, -0.1) is 0 Å². The van der Waals surface area contributed by atoms with Crippen molar-refractivity contribution in [2.45, 2.75) is 25.9 Å². The van der Waals surface area contributed by atoms with Crippen LogP contribution in [-0.4, -0.2) is 36.6 Å². The van der Waals surface area contributed by atoms with Crippen LogP contribution in [0, 0.1) is 5.82 Å². The van der Waals surface area contributed by atoms with Crippen LogP contribution in [0.15, 0.2) is 42.1 Å². The SMILES string of the molecule is CC(Nc1cnc(C(=O)N[C@H](C)/C=C/S(C)(=O)=O)nc1)c1cccc(F)c1Cl. The van der Waals surface area contributed by atoms with Crippen LogP contribution in [-0.2, 0) is 9.84 Å². The van der Waals surface area contributed by atoms with Crippen molar-refractivity contribution in [1.29, 1.82) is 0 Å². The van der Waals surface area contributed by atoms with E-state index in [1.165, 1.54) is 24.5 Å². The minimum Gasteiger partial charge on any atom is -0.376 e. The fourth-order valence-electron chi connectivity index (χ4n) is 2.28. The van der Waals surface area contributed by atoms with Crippen molar-refractivity contribution < 1.29 is 17.6 Å². The zero-order chi connectivity index (χ0) is 20.9. The van der Waals surface area contributed by atoms with E-state index in [1.54, 1.807) is 26.0 Å². The van der Waals surface area contributed by atoms with Gasteiger partial charge in [-0.1, -0.05) is 29.8 Å². The highest BCUT2D eigenvalue weighted by molar-refractivity contribution is 7.93. The number of hydrogen-bond acceptors (Lipinski definition) is 6. The van der Waals surface area contributed by atoms with Crippen LogP contribution >= 0.6 is 11.6 Å². The monoisotopic (exact) mass is 426 g/mol. The minimum atomic E-state index is -3.27. The molecule has 1 aromatic heterocycles. The lowest BCUT2D eigenvalue weighted by atomic mass is 10.1. The molecule has 150 valence electrons. The Hall–Kier alpha value is -2.52. The molecule has 0 aliphatic rings. The van der Waals surface area contributed by atoms with Crippen molar-refractivity contribution in [3.05, 3.63) is 64.3 Å². The summed E-state index contributed by atoms with van der Waals surface area (Å²) in [5.74, 6) is -1.12. The third-order valence-corrected chi connectivity index (χ3v) is 4.71. The van der Waals surface area contributed by atoms with Gasteiger partial charge >= 0.3 is 0 Å². The van der Waals surface area contributed by atoms with E-state index < -0.39 is 27.6 Å². The zero-order valence-corrected chi connectivity index (χ0v) is 17.1. The van der Waals surface area contributed by atoms with E-state index in [1.807, 2.05) is 0 Å². The zero-order valence-electron chi connectivity index (χ0n) is 15.5. The van der Waals surface area contributed by atoms with Crippen LogP contribution in [0.25, 0.3) is 0 Å². The third-order valence-electron chi connectivity index (χ3n) is 3.66. The van der Waals surface area contributed by atoms with Crippen molar-refractivity contribution >= 4 is 33.0 Å². The Labute approximate surface area is 168 Å². The van der Waals surface area contributed by atoms with Crippen LogP contribution in [0.3, 0.4) is 0 Å². The fraction of sp³-hybridized carbons (Fsp3) is 0.278. The maximum Gasteiger partial charge on any atom is 0.289 e. The number of carbonyl (C=O) groups is 1. The molecule has 2 rings (SSSR count). The minimum absolute atomic E-state index is 0.0375. The van der Waals surface area contributed by atoms with E-state index in [2.05, 4.69) is 20.6 Å². The molecular formula is C18H20ClFN4O3S. The summed E-state index contributed by atoms with van der Waals surface area (Å²) in [5, 5.41) is 6.71. The first-order valence-electron chi connectivity index (χ1n) is 8.28. The number of aromatic nitrogens is 2. The molecule has 0 fully saturated rings. The molecule has 2 atom stereocenters. The first-order valence-corrected chi connectivity index (χ1v) is 10.6. The summed E-state index contributed by atoms with van der Waals surface area (Å²) in [6, 6.07) is 3.72. The van der Waals surface area contributed by atoms with Crippen molar-refractivity contribution in [2.75, 3.05) is 11.6 Å². The van der Waals surface area contributed by atoms with Gasteiger partial charge in [0.05, 0.1) is 29.1 Å². The molecule has 7 nitrogen and oxygen atoms in total. The molecule has 2 N–H and O–H groups in total. The molecule has 0 bridgehead atoms. The quantitative estimate of drug-likeness (QED) is 0.705. The topological polar surface area (TPSA) is 101 Å². The van der Waals surface area contributed by atoms with E-state index >= 15 is 0 Å². The van der Waals surface area contributed by atoms with E-state index in [9.17, 15) is 17.6 Å². The third kappa shape index (κ3) is 6.28. The van der Waals surface area contributed by atoms with Gasteiger partial charge in [-0.3, -0.25) is 4.79 Å².